The van der Waals surface area contributed by atoms with Gasteiger partial charge in [0.15, 0.2) is 5.75 Å². The number of pyridine rings is 3. The Hall–Kier alpha value is -3.61. The summed E-state index contributed by atoms with van der Waals surface area (Å²) in [5, 5.41) is 11.6. The number of methoxy groups -OCH3 is 1. The van der Waals surface area contributed by atoms with E-state index in [1.165, 1.54) is 0 Å². The first-order valence-corrected chi connectivity index (χ1v) is 10.4. The largest absolute Gasteiger partial charge is 0.494 e. The van der Waals surface area contributed by atoms with E-state index in [0.717, 1.165) is 46.3 Å². The molecule has 0 radical (unpaired) electrons. The van der Waals surface area contributed by atoms with Gasteiger partial charge in [-0.15, -0.1) is 0 Å². The molecule has 7 heteroatoms. The Morgan fingerprint density at radius 1 is 1.10 bits per heavy atom. The van der Waals surface area contributed by atoms with Gasteiger partial charge >= 0.3 is 0 Å². The Morgan fingerprint density at radius 2 is 1.94 bits per heavy atom. The number of hydrogen-bond donors (Lipinski definition) is 1. The minimum Gasteiger partial charge on any atom is -0.494 e. The van der Waals surface area contributed by atoms with Crippen LogP contribution in [0.5, 0.6) is 17.5 Å². The van der Waals surface area contributed by atoms with Crippen molar-refractivity contribution in [2.45, 2.75) is 33.6 Å². The average molecular weight is 418 g/mol. The van der Waals surface area contributed by atoms with Crippen LogP contribution in [0, 0.1) is 6.92 Å². The van der Waals surface area contributed by atoms with Crippen LogP contribution in [0.2, 0.25) is 0 Å². The number of fused-ring (bicyclic) bond motifs is 1. The summed E-state index contributed by atoms with van der Waals surface area (Å²) in [5.41, 5.74) is 5.11. The zero-order chi connectivity index (χ0) is 22.0. The van der Waals surface area contributed by atoms with E-state index in [1.807, 2.05) is 44.4 Å². The number of aromatic nitrogens is 4. The molecule has 0 atom stereocenters. The fraction of sp³-hybridized carbons (Fsp3) is 0.292. The minimum absolute atomic E-state index is 0.157. The molecular formula is C24H26N4O3. The van der Waals surface area contributed by atoms with Crippen LogP contribution >= 0.6 is 0 Å². The molecule has 0 saturated carbocycles. The van der Waals surface area contributed by atoms with Crippen LogP contribution in [-0.4, -0.2) is 38.3 Å². The highest BCUT2D eigenvalue weighted by Gasteiger charge is 2.17. The van der Waals surface area contributed by atoms with E-state index < -0.39 is 0 Å². The van der Waals surface area contributed by atoms with Crippen molar-refractivity contribution in [1.29, 1.82) is 0 Å². The molecule has 1 N–H and O–H groups in total. The van der Waals surface area contributed by atoms with Crippen LogP contribution in [0.4, 0.5) is 0 Å². The highest BCUT2D eigenvalue weighted by Crippen LogP contribution is 2.35. The second-order valence-corrected chi connectivity index (χ2v) is 7.37. The van der Waals surface area contributed by atoms with Crippen LogP contribution in [-0.2, 0) is 6.42 Å². The lowest BCUT2D eigenvalue weighted by Crippen LogP contribution is -1.98. The molecule has 0 unspecified atom stereocenters. The lowest BCUT2D eigenvalue weighted by atomic mass is 10.1. The number of aromatic hydroxyl groups is 1. The van der Waals surface area contributed by atoms with Gasteiger partial charge in [0.2, 0.25) is 5.88 Å². The van der Waals surface area contributed by atoms with Gasteiger partial charge in [0.25, 0.3) is 5.88 Å². The SMILES string of the molecule is CCCc1cncc(-n2cc3nc(-c4cnc(OCC)c(OC)c4)cc(C)c3c2O)c1. The van der Waals surface area contributed by atoms with Crippen molar-refractivity contribution in [3.63, 3.8) is 0 Å². The quantitative estimate of drug-likeness (QED) is 0.462. The molecular weight excluding hydrogens is 392 g/mol. The monoisotopic (exact) mass is 418 g/mol. The van der Waals surface area contributed by atoms with E-state index in [0.29, 0.717) is 23.8 Å². The predicted molar refractivity (Wildman–Crippen MR) is 120 cm³/mol. The first kappa shape index (κ1) is 20.7. The van der Waals surface area contributed by atoms with E-state index in [4.69, 9.17) is 14.5 Å². The molecule has 160 valence electrons. The van der Waals surface area contributed by atoms with Crippen molar-refractivity contribution in [2.75, 3.05) is 13.7 Å². The Bertz CT molecular complexity index is 1230. The van der Waals surface area contributed by atoms with E-state index in [9.17, 15) is 5.11 Å². The lowest BCUT2D eigenvalue weighted by molar-refractivity contribution is 0.298. The minimum atomic E-state index is 0.157. The fourth-order valence-electron chi connectivity index (χ4n) is 3.72. The topological polar surface area (TPSA) is 82.3 Å². The summed E-state index contributed by atoms with van der Waals surface area (Å²) in [6, 6.07) is 5.85. The van der Waals surface area contributed by atoms with Gasteiger partial charge in [-0.3, -0.25) is 9.55 Å². The summed E-state index contributed by atoms with van der Waals surface area (Å²) in [7, 11) is 1.59. The lowest BCUT2D eigenvalue weighted by Gasteiger charge is -2.10. The van der Waals surface area contributed by atoms with Crippen LogP contribution < -0.4 is 9.47 Å². The maximum absolute atomic E-state index is 10.9. The highest BCUT2D eigenvalue weighted by atomic mass is 16.5. The molecule has 4 aromatic rings. The van der Waals surface area contributed by atoms with E-state index in [2.05, 4.69) is 16.9 Å². The predicted octanol–water partition coefficient (Wildman–Crippen LogP) is 4.86. The normalized spacial score (nSPS) is 11.1. The van der Waals surface area contributed by atoms with E-state index in [-0.39, 0.29) is 5.88 Å². The number of aryl methyl sites for hydroxylation is 2. The van der Waals surface area contributed by atoms with E-state index in [1.54, 1.807) is 24.1 Å². The average Bonchev–Trinajstić information content (AvgIpc) is 3.11. The van der Waals surface area contributed by atoms with Crippen molar-refractivity contribution >= 4 is 10.9 Å². The number of hydrogen-bond acceptors (Lipinski definition) is 6. The molecule has 4 rings (SSSR count). The molecule has 0 aliphatic heterocycles. The van der Waals surface area contributed by atoms with Crippen molar-refractivity contribution in [1.82, 2.24) is 19.5 Å². The Morgan fingerprint density at radius 3 is 2.68 bits per heavy atom. The van der Waals surface area contributed by atoms with Gasteiger partial charge in [0.1, 0.15) is 0 Å². The van der Waals surface area contributed by atoms with E-state index >= 15 is 0 Å². The van der Waals surface area contributed by atoms with Gasteiger partial charge in [-0.05, 0) is 49.6 Å². The summed E-state index contributed by atoms with van der Waals surface area (Å²) in [6.07, 6.45) is 9.14. The third-order valence-electron chi connectivity index (χ3n) is 5.16. The van der Waals surface area contributed by atoms with Gasteiger partial charge in [0.05, 0.1) is 42.2 Å². The molecule has 0 spiro atoms. The van der Waals surface area contributed by atoms with Gasteiger partial charge < -0.3 is 14.6 Å². The zero-order valence-electron chi connectivity index (χ0n) is 18.2. The molecule has 0 amide bonds. The molecule has 31 heavy (non-hydrogen) atoms. The van der Waals surface area contributed by atoms with Crippen LogP contribution in [0.15, 0.2) is 43.0 Å². The Balaban J connectivity index is 1.80. The first-order valence-electron chi connectivity index (χ1n) is 10.4. The third-order valence-corrected chi connectivity index (χ3v) is 5.16. The molecule has 0 saturated heterocycles. The summed E-state index contributed by atoms with van der Waals surface area (Å²) >= 11 is 0. The van der Waals surface area contributed by atoms with Gasteiger partial charge in [-0.2, -0.15) is 0 Å². The highest BCUT2D eigenvalue weighted by molar-refractivity contribution is 5.90. The standard InChI is InChI=1S/C24H26N4O3/c1-5-7-16-9-18(13-25-11-16)28-14-20-22(24(28)29)15(3)8-19(27-20)17-10-21(30-4)23(26-12-17)31-6-2/h8-14,29H,5-7H2,1-4H3. The molecule has 7 nitrogen and oxygen atoms in total. The van der Waals surface area contributed by atoms with Crippen molar-refractivity contribution in [3.8, 4) is 34.5 Å². The van der Waals surface area contributed by atoms with Crippen molar-refractivity contribution in [2.24, 2.45) is 0 Å². The summed E-state index contributed by atoms with van der Waals surface area (Å²) in [4.78, 5) is 13.5. The Kier molecular flexibility index (Phi) is 5.75. The van der Waals surface area contributed by atoms with Gasteiger partial charge in [0, 0.05) is 24.2 Å². The van der Waals surface area contributed by atoms with Crippen molar-refractivity contribution < 1.29 is 14.6 Å². The molecule has 0 aromatic carbocycles. The summed E-state index contributed by atoms with van der Waals surface area (Å²) < 4.78 is 12.7. The molecule has 0 aliphatic rings. The summed E-state index contributed by atoms with van der Waals surface area (Å²) in [5.74, 6) is 1.16. The maximum Gasteiger partial charge on any atom is 0.256 e. The van der Waals surface area contributed by atoms with Crippen LogP contribution in [0.25, 0.3) is 27.8 Å². The smallest absolute Gasteiger partial charge is 0.256 e. The fourth-order valence-corrected chi connectivity index (χ4v) is 3.72. The third kappa shape index (κ3) is 3.91. The Labute approximate surface area is 181 Å². The molecule has 0 bridgehead atoms. The molecule has 4 heterocycles. The second kappa shape index (κ2) is 8.63. The van der Waals surface area contributed by atoms with Gasteiger partial charge in [-0.1, -0.05) is 13.3 Å². The summed E-state index contributed by atoms with van der Waals surface area (Å²) in [6.45, 7) is 6.50. The van der Waals surface area contributed by atoms with Crippen molar-refractivity contribution in [3.05, 3.63) is 54.1 Å². The molecule has 0 aliphatic carbocycles. The number of ether oxygens (including phenoxy) is 2. The van der Waals surface area contributed by atoms with Crippen LogP contribution in [0.3, 0.4) is 0 Å². The molecule has 0 fully saturated rings. The maximum atomic E-state index is 10.9. The molecule has 4 aromatic heterocycles. The second-order valence-electron chi connectivity index (χ2n) is 7.37. The first-order chi connectivity index (χ1) is 15.0. The zero-order valence-corrected chi connectivity index (χ0v) is 18.2. The van der Waals surface area contributed by atoms with Gasteiger partial charge in [-0.25, -0.2) is 9.97 Å². The number of nitrogens with zero attached hydrogens (tertiary/aromatic N) is 4. The van der Waals surface area contributed by atoms with Crippen LogP contribution in [0.1, 0.15) is 31.4 Å². The number of rotatable bonds is 7.